The molecule has 0 aliphatic heterocycles. The molecule has 2 rings (SSSR count). The average Bonchev–Trinajstić information content (AvgIpc) is 2.36. The highest BCUT2D eigenvalue weighted by Crippen LogP contribution is 2.21. The monoisotopic (exact) mass is 259 g/mol. The van der Waals surface area contributed by atoms with Gasteiger partial charge in [-0.25, -0.2) is 0 Å². The molecule has 0 unspecified atom stereocenters. The fourth-order valence-electron chi connectivity index (χ4n) is 2.00. The third-order valence-electron chi connectivity index (χ3n) is 3.36. The molecular formula is C15H17NOS. The number of aryl methyl sites for hydroxylation is 2. The molecule has 0 radical (unpaired) electrons. The maximum Gasteiger partial charge on any atom is 0.254 e. The minimum atomic E-state index is 0.0285. The van der Waals surface area contributed by atoms with Crippen molar-refractivity contribution >= 4 is 12.6 Å². The van der Waals surface area contributed by atoms with Crippen molar-refractivity contribution < 1.29 is 0 Å². The minimum absolute atomic E-state index is 0.0285. The van der Waals surface area contributed by atoms with Gasteiger partial charge >= 0.3 is 0 Å². The summed E-state index contributed by atoms with van der Waals surface area (Å²) in [6.45, 7) is 4.17. The van der Waals surface area contributed by atoms with Crippen LogP contribution in [0.5, 0.6) is 0 Å². The van der Waals surface area contributed by atoms with Crippen LogP contribution in [0.4, 0.5) is 0 Å². The summed E-state index contributed by atoms with van der Waals surface area (Å²) in [5.41, 5.74) is 5.26. The molecule has 0 saturated heterocycles. The molecule has 0 fully saturated rings. The number of hydrogen-bond donors (Lipinski definition) is 1. The minimum Gasteiger partial charge on any atom is -0.311 e. The van der Waals surface area contributed by atoms with Gasteiger partial charge in [0.1, 0.15) is 0 Å². The van der Waals surface area contributed by atoms with E-state index in [0.29, 0.717) is 5.75 Å². The van der Waals surface area contributed by atoms with Crippen LogP contribution in [0.2, 0.25) is 0 Å². The van der Waals surface area contributed by atoms with Gasteiger partial charge in [0.25, 0.3) is 5.56 Å². The Morgan fingerprint density at radius 3 is 2.44 bits per heavy atom. The molecule has 0 bridgehead atoms. The van der Waals surface area contributed by atoms with E-state index in [4.69, 9.17) is 0 Å². The Hall–Kier alpha value is -1.48. The highest BCUT2D eigenvalue weighted by molar-refractivity contribution is 7.79. The summed E-state index contributed by atoms with van der Waals surface area (Å²) in [5, 5.41) is 0. The van der Waals surface area contributed by atoms with E-state index in [1.165, 1.54) is 11.1 Å². The maximum atomic E-state index is 12.1. The number of thiol groups is 1. The van der Waals surface area contributed by atoms with E-state index in [0.717, 1.165) is 16.8 Å². The van der Waals surface area contributed by atoms with Gasteiger partial charge in [-0.3, -0.25) is 4.79 Å². The van der Waals surface area contributed by atoms with Gasteiger partial charge in [-0.2, -0.15) is 12.6 Å². The van der Waals surface area contributed by atoms with Gasteiger partial charge in [-0.15, -0.1) is 0 Å². The lowest BCUT2D eigenvalue weighted by Crippen LogP contribution is -2.21. The summed E-state index contributed by atoms with van der Waals surface area (Å²) in [7, 11) is 1.81. The van der Waals surface area contributed by atoms with E-state index in [-0.39, 0.29) is 5.56 Å². The van der Waals surface area contributed by atoms with Crippen molar-refractivity contribution in [2.75, 3.05) is 0 Å². The molecule has 0 spiro atoms. The molecule has 1 aromatic heterocycles. The van der Waals surface area contributed by atoms with Crippen LogP contribution in [-0.2, 0) is 12.8 Å². The van der Waals surface area contributed by atoms with E-state index >= 15 is 0 Å². The second-order valence-electron chi connectivity index (χ2n) is 4.57. The standard InChI is InChI=1S/C15H17NOS/c1-10-4-5-12(8-11(10)2)14-7-6-13(9-18)15(17)16(14)3/h4-8,18H,9H2,1-3H3. The van der Waals surface area contributed by atoms with Crippen LogP contribution in [0.25, 0.3) is 11.3 Å². The SMILES string of the molecule is Cc1ccc(-c2ccc(CS)c(=O)n2C)cc1C. The number of benzene rings is 1. The Morgan fingerprint density at radius 1 is 1.11 bits per heavy atom. The third-order valence-corrected chi connectivity index (χ3v) is 3.70. The molecule has 1 aromatic carbocycles. The van der Waals surface area contributed by atoms with Crippen molar-refractivity contribution in [3.63, 3.8) is 0 Å². The largest absolute Gasteiger partial charge is 0.311 e. The fraction of sp³-hybridized carbons (Fsp3) is 0.267. The molecule has 3 heteroatoms. The Morgan fingerprint density at radius 2 is 1.83 bits per heavy atom. The first-order chi connectivity index (χ1) is 8.54. The van der Waals surface area contributed by atoms with Crippen LogP contribution >= 0.6 is 12.6 Å². The summed E-state index contributed by atoms with van der Waals surface area (Å²) in [4.78, 5) is 12.1. The Labute approximate surface area is 113 Å². The molecular weight excluding hydrogens is 242 g/mol. The smallest absolute Gasteiger partial charge is 0.254 e. The zero-order valence-electron chi connectivity index (χ0n) is 10.9. The number of aromatic nitrogens is 1. The van der Waals surface area contributed by atoms with Gasteiger partial charge in [0.05, 0.1) is 5.69 Å². The predicted octanol–water partition coefficient (Wildman–Crippen LogP) is 3.10. The molecule has 2 aromatic rings. The Balaban J connectivity index is 2.61. The maximum absolute atomic E-state index is 12.1. The zero-order chi connectivity index (χ0) is 13.3. The summed E-state index contributed by atoms with van der Waals surface area (Å²) >= 11 is 4.17. The summed E-state index contributed by atoms with van der Waals surface area (Å²) in [6.07, 6.45) is 0. The molecule has 1 heterocycles. The van der Waals surface area contributed by atoms with E-state index < -0.39 is 0 Å². The highest BCUT2D eigenvalue weighted by Gasteiger charge is 2.07. The Kier molecular flexibility index (Phi) is 3.62. The number of nitrogens with zero attached hydrogens (tertiary/aromatic N) is 1. The number of rotatable bonds is 2. The van der Waals surface area contributed by atoms with E-state index in [9.17, 15) is 4.79 Å². The number of hydrogen-bond acceptors (Lipinski definition) is 2. The first kappa shape index (κ1) is 13.0. The summed E-state index contributed by atoms with van der Waals surface area (Å²) < 4.78 is 1.69. The molecule has 94 valence electrons. The van der Waals surface area contributed by atoms with Gasteiger partial charge in [-0.1, -0.05) is 18.2 Å². The normalized spacial score (nSPS) is 10.7. The predicted molar refractivity (Wildman–Crippen MR) is 79.3 cm³/mol. The van der Waals surface area contributed by atoms with Gasteiger partial charge in [0.2, 0.25) is 0 Å². The lowest BCUT2D eigenvalue weighted by atomic mass is 10.0. The zero-order valence-corrected chi connectivity index (χ0v) is 11.8. The molecule has 0 aliphatic rings. The lowest BCUT2D eigenvalue weighted by molar-refractivity contribution is 0.856. The van der Waals surface area contributed by atoms with Crippen molar-refractivity contribution in [3.05, 3.63) is 57.4 Å². The van der Waals surface area contributed by atoms with Crippen molar-refractivity contribution in [2.24, 2.45) is 7.05 Å². The van der Waals surface area contributed by atoms with Gasteiger partial charge in [0.15, 0.2) is 0 Å². The molecule has 0 aliphatic carbocycles. The number of pyridine rings is 1. The molecule has 0 amide bonds. The van der Waals surface area contributed by atoms with Gasteiger partial charge in [-0.05, 0) is 42.7 Å². The second-order valence-corrected chi connectivity index (χ2v) is 4.88. The van der Waals surface area contributed by atoms with Gasteiger partial charge < -0.3 is 4.57 Å². The highest BCUT2D eigenvalue weighted by atomic mass is 32.1. The van der Waals surface area contributed by atoms with Crippen molar-refractivity contribution in [1.29, 1.82) is 0 Å². The molecule has 2 nitrogen and oxygen atoms in total. The van der Waals surface area contributed by atoms with Crippen LogP contribution in [-0.4, -0.2) is 4.57 Å². The van der Waals surface area contributed by atoms with Crippen molar-refractivity contribution in [2.45, 2.75) is 19.6 Å². The van der Waals surface area contributed by atoms with Crippen LogP contribution < -0.4 is 5.56 Å². The van der Waals surface area contributed by atoms with Crippen LogP contribution in [0.15, 0.2) is 35.1 Å². The lowest BCUT2D eigenvalue weighted by Gasteiger charge is -2.11. The fourth-order valence-corrected chi connectivity index (χ4v) is 2.24. The first-order valence-electron chi connectivity index (χ1n) is 5.92. The topological polar surface area (TPSA) is 22.0 Å². The second kappa shape index (κ2) is 5.02. The van der Waals surface area contributed by atoms with E-state index in [1.807, 2.05) is 12.1 Å². The van der Waals surface area contributed by atoms with Crippen molar-refractivity contribution in [3.8, 4) is 11.3 Å². The van der Waals surface area contributed by atoms with Crippen LogP contribution in [0.1, 0.15) is 16.7 Å². The van der Waals surface area contributed by atoms with Crippen LogP contribution in [0, 0.1) is 13.8 Å². The third kappa shape index (κ3) is 2.23. The van der Waals surface area contributed by atoms with E-state index in [2.05, 4.69) is 44.7 Å². The Bertz CT molecular complexity index is 643. The average molecular weight is 259 g/mol. The first-order valence-corrected chi connectivity index (χ1v) is 6.55. The quantitative estimate of drug-likeness (QED) is 0.822. The van der Waals surface area contributed by atoms with Gasteiger partial charge in [0, 0.05) is 18.4 Å². The molecule has 0 N–H and O–H groups in total. The summed E-state index contributed by atoms with van der Waals surface area (Å²) in [5.74, 6) is 0.472. The molecule has 0 atom stereocenters. The summed E-state index contributed by atoms with van der Waals surface area (Å²) in [6, 6.07) is 10.1. The van der Waals surface area contributed by atoms with E-state index in [1.54, 1.807) is 11.6 Å². The molecule has 0 saturated carbocycles. The van der Waals surface area contributed by atoms with Crippen molar-refractivity contribution in [1.82, 2.24) is 4.57 Å². The van der Waals surface area contributed by atoms with Crippen LogP contribution in [0.3, 0.4) is 0 Å². The molecule has 18 heavy (non-hydrogen) atoms.